The van der Waals surface area contributed by atoms with Crippen molar-refractivity contribution in [3.8, 4) is 0 Å². The molecule has 2 heterocycles. The number of amides is 1. The summed E-state index contributed by atoms with van der Waals surface area (Å²) in [5.41, 5.74) is 2.55. The van der Waals surface area contributed by atoms with Gasteiger partial charge in [-0.1, -0.05) is 0 Å². The number of hydrogen-bond acceptors (Lipinski definition) is 3. The number of aromatic nitrogens is 2. The van der Waals surface area contributed by atoms with Crippen molar-refractivity contribution in [1.82, 2.24) is 20.2 Å². The van der Waals surface area contributed by atoms with Crippen LogP contribution in [0.25, 0.3) is 11.0 Å². The average molecular weight is 244 g/mol. The number of hydrogen-bond donors (Lipinski definition) is 2. The lowest BCUT2D eigenvalue weighted by Gasteiger charge is -2.27. The molecule has 0 unspecified atom stereocenters. The molecule has 0 atom stereocenters. The highest BCUT2D eigenvalue weighted by molar-refractivity contribution is 5.97. The Balaban J connectivity index is 1.90. The van der Waals surface area contributed by atoms with E-state index in [0.29, 0.717) is 0 Å². The zero-order valence-electron chi connectivity index (χ0n) is 10.4. The van der Waals surface area contributed by atoms with Crippen LogP contribution in [-0.4, -0.2) is 47.0 Å². The number of piperazine rings is 1. The molecule has 2 N–H and O–H groups in total. The van der Waals surface area contributed by atoms with Gasteiger partial charge in [0.25, 0.3) is 5.91 Å². The Kier molecular flexibility index (Phi) is 2.76. The van der Waals surface area contributed by atoms with Crippen molar-refractivity contribution in [1.29, 1.82) is 0 Å². The van der Waals surface area contributed by atoms with Gasteiger partial charge in [-0.25, -0.2) is 4.98 Å². The van der Waals surface area contributed by atoms with E-state index in [1.54, 1.807) is 0 Å². The third kappa shape index (κ3) is 1.97. The zero-order chi connectivity index (χ0) is 12.5. The summed E-state index contributed by atoms with van der Waals surface area (Å²) in [6, 6.07) is 5.65. The number of aromatic amines is 1. The molecule has 1 aliphatic heterocycles. The summed E-state index contributed by atoms with van der Waals surface area (Å²) >= 11 is 0. The molecule has 1 aliphatic rings. The van der Waals surface area contributed by atoms with Crippen LogP contribution < -0.4 is 5.32 Å². The maximum Gasteiger partial charge on any atom is 0.254 e. The molecular formula is C13H16N4O. The summed E-state index contributed by atoms with van der Waals surface area (Å²) < 4.78 is 0. The number of rotatable bonds is 1. The molecule has 1 aromatic heterocycles. The minimum absolute atomic E-state index is 0.0963. The van der Waals surface area contributed by atoms with Gasteiger partial charge in [-0.15, -0.1) is 0 Å². The van der Waals surface area contributed by atoms with E-state index in [-0.39, 0.29) is 5.91 Å². The second-order valence-electron chi connectivity index (χ2n) is 4.60. The summed E-state index contributed by atoms with van der Waals surface area (Å²) in [4.78, 5) is 21.7. The Morgan fingerprint density at radius 3 is 2.89 bits per heavy atom. The van der Waals surface area contributed by atoms with Gasteiger partial charge in [-0.3, -0.25) is 4.79 Å². The van der Waals surface area contributed by atoms with Gasteiger partial charge >= 0.3 is 0 Å². The van der Waals surface area contributed by atoms with Crippen molar-refractivity contribution in [3.63, 3.8) is 0 Å². The number of carbonyl (C=O) groups excluding carboxylic acids is 1. The van der Waals surface area contributed by atoms with E-state index in [1.165, 1.54) is 0 Å². The molecular weight excluding hydrogens is 228 g/mol. The van der Waals surface area contributed by atoms with Crippen LogP contribution in [0.15, 0.2) is 18.2 Å². The van der Waals surface area contributed by atoms with Gasteiger partial charge in [-0.05, 0) is 25.1 Å². The molecule has 3 rings (SSSR count). The molecule has 0 spiro atoms. The third-order valence-corrected chi connectivity index (χ3v) is 3.25. The van der Waals surface area contributed by atoms with Crippen molar-refractivity contribution < 1.29 is 4.79 Å². The summed E-state index contributed by atoms with van der Waals surface area (Å²) in [7, 11) is 0. The molecule has 0 bridgehead atoms. The van der Waals surface area contributed by atoms with Crippen molar-refractivity contribution in [2.45, 2.75) is 6.92 Å². The van der Waals surface area contributed by atoms with E-state index in [1.807, 2.05) is 30.0 Å². The highest BCUT2D eigenvalue weighted by atomic mass is 16.2. The predicted molar refractivity (Wildman–Crippen MR) is 69.6 cm³/mol. The fourth-order valence-corrected chi connectivity index (χ4v) is 2.32. The summed E-state index contributed by atoms with van der Waals surface area (Å²) in [5, 5.41) is 3.24. The molecule has 0 aliphatic carbocycles. The molecule has 2 aromatic rings. The molecule has 1 saturated heterocycles. The van der Waals surface area contributed by atoms with E-state index in [9.17, 15) is 4.79 Å². The number of aryl methyl sites for hydroxylation is 1. The minimum Gasteiger partial charge on any atom is -0.342 e. The molecule has 1 fully saturated rings. The monoisotopic (exact) mass is 244 g/mol. The first kappa shape index (κ1) is 11.2. The van der Waals surface area contributed by atoms with Crippen LogP contribution in [0, 0.1) is 6.92 Å². The number of benzene rings is 1. The highest BCUT2D eigenvalue weighted by Crippen LogP contribution is 2.15. The fourth-order valence-electron chi connectivity index (χ4n) is 2.32. The molecule has 1 amide bonds. The van der Waals surface area contributed by atoms with Crippen LogP contribution in [0.3, 0.4) is 0 Å². The van der Waals surface area contributed by atoms with Crippen molar-refractivity contribution in [2.75, 3.05) is 26.2 Å². The first-order chi connectivity index (χ1) is 8.74. The number of fused-ring (bicyclic) bond motifs is 1. The number of imidazole rings is 1. The van der Waals surface area contributed by atoms with Gasteiger partial charge < -0.3 is 15.2 Å². The lowest BCUT2D eigenvalue weighted by molar-refractivity contribution is 0.0736. The van der Waals surface area contributed by atoms with Crippen molar-refractivity contribution >= 4 is 16.9 Å². The molecule has 5 heteroatoms. The molecule has 1 aromatic carbocycles. The molecule has 18 heavy (non-hydrogen) atoms. The van der Waals surface area contributed by atoms with Gasteiger partial charge in [0.2, 0.25) is 0 Å². The predicted octanol–water partition coefficient (Wildman–Crippen LogP) is 0.917. The average Bonchev–Trinajstić information content (AvgIpc) is 2.78. The molecule has 0 radical (unpaired) electrons. The third-order valence-electron chi connectivity index (χ3n) is 3.25. The van der Waals surface area contributed by atoms with E-state index in [4.69, 9.17) is 0 Å². The summed E-state index contributed by atoms with van der Waals surface area (Å²) in [5.74, 6) is 0.968. The maximum absolute atomic E-state index is 12.3. The van der Waals surface area contributed by atoms with Crippen LogP contribution in [0.1, 0.15) is 16.2 Å². The van der Waals surface area contributed by atoms with Crippen LogP contribution in [0.2, 0.25) is 0 Å². The standard InChI is InChI=1S/C13H16N4O/c1-9-15-11-3-2-10(8-12(11)16-9)13(18)17-6-4-14-5-7-17/h2-3,8,14H,4-7H2,1H3,(H,15,16). The van der Waals surface area contributed by atoms with E-state index >= 15 is 0 Å². The van der Waals surface area contributed by atoms with Gasteiger partial charge in [0.05, 0.1) is 11.0 Å². The Hall–Kier alpha value is -1.88. The van der Waals surface area contributed by atoms with Crippen LogP contribution >= 0.6 is 0 Å². The van der Waals surface area contributed by atoms with Gasteiger partial charge in [0, 0.05) is 31.7 Å². The Morgan fingerprint density at radius 2 is 2.11 bits per heavy atom. The number of nitrogens with one attached hydrogen (secondary N) is 2. The Bertz CT molecular complexity index is 584. The second kappa shape index (κ2) is 4.42. The second-order valence-corrected chi connectivity index (χ2v) is 4.60. The highest BCUT2D eigenvalue weighted by Gasteiger charge is 2.18. The largest absolute Gasteiger partial charge is 0.342 e. The summed E-state index contributed by atoms with van der Waals surface area (Å²) in [6.45, 7) is 5.20. The first-order valence-corrected chi connectivity index (χ1v) is 6.20. The van der Waals surface area contributed by atoms with Crippen LogP contribution in [0.5, 0.6) is 0 Å². The lowest BCUT2D eigenvalue weighted by Crippen LogP contribution is -2.46. The van der Waals surface area contributed by atoms with Crippen molar-refractivity contribution in [2.24, 2.45) is 0 Å². The number of H-pyrrole nitrogens is 1. The maximum atomic E-state index is 12.3. The van der Waals surface area contributed by atoms with Crippen LogP contribution in [-0.2, 0) is 0 Å². The van der Waals surface area contributed by atoms with Crippen LogP contribution in [0.4, 0.5) is 0 Å². The fraction of sp³-hybridized carbons (Fsp3) is 0.385. The molecule has 0 saturated carbocycles. The minimum atomic E-state index is 0.0963. The quantitative estimate of drug-likeness (QED) is 0.784. The number of nitrogens with zero attached hydrogens (tertiary/aromatic N) is 2. The van der Waals surface area contributed by atoms with E-state index in [2.05, 4.69) is 15.3 Å². The number of carbonyl (C=O) groups is 1. The first-order valence-electron chi connectivity index (χ1n) is 6.20. The topological polar surface area (TPSA) is 61.0 Å². The SMILES string of the molecule is Cc1nc2cc(C(=O)N3CCNCC3)ccc2[nH]1. The smallest absolute Gasteiger partial charge is 0.254 e. The molecule has 94 valence electrons. The van der Waals surface area contributed by atoms with Gasteiger partial charge in [-0.2, -0.15) is 0 Å². The normalized spacial score (nSPS) is 16.2. The molecule has 5 nitrogen and oxygen atoms in total. The van der Waals surface area contributed by atoms with Gasteiger partial charge in [0.1, 0.15) is 5.82 Å². The lowest BCUT2D eigenvalue weighted by atomic mass is 10.1. The van der Waals surface area contributed by atoms with Gasteiger partial charge in [0.15, 0.2) is 0 Å². The van der Waals surface area contributed by atoms with E-state index < -0.39 is 0 Å². The van der Waals surface area contributed by atoms with Crippen molar-refractivity contribution in [3.05, 3.63) is 29.6 Å². The zero-order valence-corrected chi connectivity index (χ0v) is 10.4. The summed E-state index contributed by atoms with van der Waals surface area (Å²) in [6.07, 6.45) is 0. The van der Waals surface area contributed by atoms with E-state index in [0.717, 1.165) is 48.6 Å². The Morgan fingerprint density at radius 1 is 1.33 bits per heavy atom. The Labute approximate surface area is 105 Å².